The number of aliphatic hydroxyl groups excluding tert-OH is 2. The van der Waals surface area contributed by atoms with Gasteiger partial charge in [0.15, 0.2) is 10.8 Å². The molecule has 2 aromatic rings. The van der Waals surface area contributed by atoms with E-state index in [2.05, 4.69) is 10.3 Å². The van der Waals surface area contributed by atoms with E-state index < -0.39 is 12.2 Å². The Morgan fingerprint density at radius 3 is 2.83 bits per heavy atom. The van der Waals surface area contributed by atoms with Gasteiger partial charge in [-0.3, -0.25) is 4.40 Å². The molecule has 2 aromatic heterocycles. The lowest BCUT2D eigenvalue weighted by Crippen LogP contribution is -2.24. The van der Waals surface area contributed by atoms with Crippen molar-refractivity contribution in [3.05, 3.63) is 17.3 Å². The van der Waals surface area contributed by atoms with Crippen LogP contribution in [0.2, 0.25) is 0 Å². The highest BCUT2D eigenvalue weighted by molar-refractivity contribution is 7.15. The predicted octanol–water partition coefficient (Wildman–Crippen LogP) is -0.343. The highest BCUT2D eigenvalue weighted by Crippen LogP contribution is 2.27. The summed E-state index contributed by atoms with van der Waals surface area (Å²) in [5, 5.41) is 24.4. The topological polar surface area (TPSA) is 73.0 Å². The van der Waals surface area contributed by atoms with Crippen LogP contribution in [0.25, 0.3) is 4.96 Å². The van der Waals surface area contributed by atoms with Crippen LogP contribution in [-0.2, 0) is 6.54 Å². The van der Waals surface area contributed by atoms with Gasteiger partial charge < -0.3 is 20.4 Å². The minimum absolute atomic E-state index is 0.433. The lowest BCUT2D eigenvalue weighted by molar-refractivity contribution is 0.0572. The van der Waals surface area contributed by atoms with E-state index in [1.807, 2.05) is 27.9 Å². The number of thiazole rings is 1. The number of nitrogens with one attached hydrogen (secondary N) is 1. The molecular weight excluding hydrogens is 252 g/mol. The molecule has 0 aliphatic carbocycles. The molecule has 98 valence electrons. The summed E-state index contributed by atoms with van der Waals surface area (Å²) in [6.07, 6.45) is 0.617. The normalized spacial score (nSPS) is 24.3. The summed E-state index contributed by atoms with van der Waals surface area (Å²) < 4.78 is 2.05. The van der Waals surface area contributed by atoms with Gasteiger partial charge in [-0.2, -0.15) is 0 Å². The minimum Gasteiger partial charge on any atom is -0.389 e. The van der Waals surface area contributed by atoms with Gasteiger partial charge in [0, 0.05) is 31.2 Å². The quantitative estimate of drug-likeness (QED) is 0.710. The van der Waals surface area contributed by atoms with Crippen LogP contribution in [0.4, 0.5) is 5.82 Å². The predicted molar refractivity (Wildman–Crippen MR) is 70.1 cm³/mol. The van der Waals surface area contributed by atoms with E-state index >= 15 is 0 Å². The molecule has 0 radical (unpaired) electrons. The molecule has 1 saturated heterocycles. The van der Waals surface area contributed by atoms with Gasteiger partial charge in [-0.15, -0.1) is 11.3 Å². The summed E-state index contributed by atoms with van der Waals surface area (Å²) in [7, 11) is 1.89. The summed E-state index contributed by atoms with van der Waals surface area (Å²) in [6.45, 7) is 1.57. The first-order chi connectivity index (χ1) is 8.70. The maximum absolute atomic E-state index is 9.64. The maximum atomic E-state index is 9.64. The van der Waals surface area contributed by atoms with Crippen LogP contribution in [0.15, 0.2) is 11.6 Å². The van der Waals surface area contributed by atoms with Crippen LogP contribution in [0.3, 0.4) is 0 Å². The zero-order valence-electron chi connectivity index (χ0n) is 10.1. The molecule has 1 fully saturated rings. The molecule has 3 N–H and O–H groups in total. The molecule has 7 heteroatoms. The Morgan fingerprint density at radius 1 is 1.44 bits per heavy atom. The molecule has 2 unspecified atom stereocenters. The van der Waals surface area contributed by atoms with Gasteiger partial charge in [0.05, 0.1) is 17.9 Å². The monoisotopic (exact) mass is 268 g/mol. The van der Waals surface area contributed by atoms with Crippen molar-refractivity contribution < 1.29 is 10.2 Å². The molecule has 3 heterocycles. The number of aromatic nitrogens is 2. The third-order valence-corrected chi connectivity index (χ3v) is 4.00. The van der Waals surface area contributed by atoms with E-state index in [0.717, 1.165) is 16.5 Å². The van der Waals surface area contributed by atoms with E-state index in [0.29, 0.717) is 19.6 Å². The second-order valence-corrected chi connectivity index (χ2v) is 5.38. The molecule has 2 atom stereocenters. The number of hydrogen-bond donors (Lipinski definition) is 3. The van der Waals surface area contributed by atoms with E-state index in [1.165, 1.54) is 0 Å². The van der Waals surface area contributed by atoms with Crippen LogP contribution in [0.1, 0.15) is 5.69 Å². The SMILES string of the molecule is CNCc1c(N2CC(O)C(O)C2)nc2sccn12. The fraction of sp³-hybridized carbons (Fsp3) is 0.545. The molecule has 18 heavy (non-hydrogen) atoms. The van der Waals surface area contributed by atoms with Crippen molar-refractivity contribution in [1.29, 1.82) is 0 Å². The molecule has 6 nitrogen and oxygen atoms in total. The molecule has 1 aliphatic rings. The van der Waals surface area contributed by atoms with E-state index in [1.54, 1.807) is 11.3 Å². The van der Waals surface area contributed by atoms with E-state index in [9.17, 15) is 10.2 Å². The number of fused-ring (bicyclic) bond motifs is 1. The molecule has 0 amide bonds. The summed E-state index contributed by atoms with van der Waals surface area (Å²) in [6, 6.07) is 0. The molecule has 0 bridgehead atoms. The first-order valence-electron chi connectivity index (χ1n) is 5.91. The average Bonchev–Trinajstić information content (AvgIpc) is 2.98. The molecule has 0 saturated carbocycles. The highest BCUT2D eigenvalue weighted by Gasteiger charge is 2.32. The van der Waals surface area contributed by atoms with Gasteiger partial charge in [-0.05, 0) is 7.05 Å². The van der Waals surface area contributed by atoms with Crippen molar-refractivity contribution >= 4 is 22.1 Å². The Hall–Kier alpha value is -1.15. The molecule has 0 aromatic carbocycles. The number of anilines is 1. The summed E-state index contributed by atoms with van der Waals surface area (Å²) in [5.41, 5.74) is 1.06. The van der Waals surface area contributed by atoms with Gasteiger partial charge >= 0.3 is 0 Å². The van der Waals surface area contributed by atoms with Crippen LogP contribution < -0.4 is 10.2 Å². The fourth-order valence-electron chi connectivity index (χ4n) is 2.35. The van der Waals surface area contributed by atoms with E-state index in [-0.39, 0.29) is 0 Å². The van der Waals surface area contributed by atoms with Crippen molar-refractivity contribution in [2.24, 2.45) is 0 Å². The maximum Gasteiger partial charge on any atom is 0.195 e. The summed E-state index contributed by atoms with van der Waals surface area (Å²) >= 11 is 1.58. The number of nitrogens with zero attached hydrogens (tertiary/aromatic N) is 3. The van der Waals surface area contributed by atoms with Gasteiger partial charge in [-0.1, -0.05) is 0 Å². The Balaban J connectivity index is 2.00. The zero-order chi connectivity index (χ0) is 12.7. The second-order valence-electron chi connectivity index (χ2n) is 4.51. The number of imidazole rings is 1. The van der Waals surface area contributed by atoms with Gasteiger partial charge in [0.2, 0.25) is 0 Å². The minimum atomic E-state index is -0.688. The first-order valence-corrected chi connectivity index (χ1v) is 6.78. The lowest BCUT2D eigenvalue weighted by Gasteiger charge is -2.16. The molecule has 0 spiro atoms. The molecule has 3 rings (SSSR count). The van der Waals surface area contributed by atoms with Gasteiger partial charge in [-0.25, -0.2) is 4.98 Å². The largest absolute Gasteiger partial charge is 0.389 e. The van der Waals surface area contributed by atoms with Crippen LogP contribution in [0.5, 0.6) is 0 Å². The zero-order valence-corrected chi connectivity index (χ0v) is 10.9. The van der Waals surface area contributed by atoms with Crippen molar-refractivity contribution in [3.8, 4) is 0 Å². The summed E-state index contributed by atoms with van der Waals surface area (Å²) in [4.78, 5) is 7.47. The first kappa shape index (κ1) is 11.9. The third-order valence-electron chi connectivity index (χ3n) is 3.24. The number of rotatable bonds is 3. The fourth-order valence-corrected chi connectivity index (χ4v) is 3.08. The number of hydrogen-bond acceptors (Lipinski definition) is 6. The van der Waals surface area contributed by atoms with Gasteiger partial charge in [0.1, 0.15) is 0 Å². The number of β-amino-alcohol motifs (C(OH)–C–C–N with tert-alkyl or cyclic N) is 2. The smallest absolute Gasteiger partial charge is 0.195 e. The molecule has 1 aliphatic heterocycles. The Labute approximate surface area is 108 Å². The number of aliphatic hydroxyl groups is 2. The lowest BCUT2D eigenvalue weighted by atomic mass is 10.3. The van der Waals surface area contributed by atoms with Crippen LogP contribution in [-0.4, -0.2) is 51.9 Å². The Kier molecular flexibility index (Phi) is 2.98. The van der Waals surface area contributed by atoms with Crippen molar-refractivity contribution in [2.45, 2.75) is 18.8 Å². The van der Waals surface area contributed by atoms with E-state index in [4.69, 9.17) is 0 Å². The second kappa shape index (κ2) is 4.51. The summed E-state index contributed by atoms with van der Waals surface area (Å²) in [5.74, 6) is 0.854. The van der Waals surface area contributed by atoms with Crippen molar-refractivity contribution in [3.63, 3.8) is 0 Å². The Morgan fingerprint density at radius 2 is 2.17 bits per heavy atom. The van der Waals surface area contributed by atoms with Crippen LogP contribution in [0, 0.1) is 0 Å². The van der Waals surface area contributed by atoms with Gasteiger partial charge in [0.25, 0.3) is 0 Å². The molecular formula is C11H16N4O2S. The van der Waals surface area contributed by atoms with Crippen LogP contribution >= 0.6 is 11.3 Å². The Bertz CT molecular complexity index is 542. The average molecular weight is 268 g/mol. The highest BCUT2D eigenvalue weighted by atomic mass is 32.1. The van der Waals surface area contributed by atoms with Crippen molar-refractivity contribution in [1.82, 2.24) is 14.7 Å². The van der Waals surface area contributed by atoms with Crippen molar-refractivity contribution in [2.75, 3.05) is 25.0 Å². The standard InChI is InChI=1S/C11H16N4O2S/c1-12-4-7-10(13-11-15(7)2-3-18-11)14-5-8(16)9(17)6-14/h2-3,8-9,12,16-17H,4-6H2,1H3. The third kappa shape index (κ3) is 1.79.